The van der Waals surface area contributed by atoms with Gasteiger partial charge in [-0.3, -0.25) is 14.7 Å². The molecule has 3 heterocycles. The molecule has 0 spiro atoms. The molecule has 2 atom stereocenters. The van der Waals surface area contributed by atoms with Gasteiger partial charge in [-0.25, -0.2) is 4.79 Å². The third-order valence-corrected chi connectivity index (χ3v) is 8.36. The van der Waals surface area contributed by atoms with E-state index in [1.165, 1.54) is 0 Å². The second kappa shape index (κ2) is 13.1. The normalized spacial score (nSPS) is 18.6. The van der Waals surface area contributed by atoms with Crippen LogP contribution in [-0.2, 0) is 20.7 Å². The first-order valence-corrected chi connectivity index (χ1v) is 15.4. The molecule has 2 aliphatic rings. The van der Waals surface area contributed by atoms with Gasteiger partial charge in [-0.1, -0.05) is 12.1 Å². The van der Waals surface area contributed by atoms with Crippen molar-refractivity contribution in [3.05, 3.63) is 87.7 Å². The van der Waals surface area contributed by atoms with Crippen LogP contribution in [0.2, 0.25) is 0 Å². The number of benzene rings is 2. The number of carbonyl (C=O) groups excluding carboxylic acids is 2. The van der Waals surface area contributed by atoms with Crippen molar-refractivity contribution >= 4 is 39.2 Å². The molecule has 228 valence electrons. The highest BCUT2D eigenvalue weighted by Gasteiger charge is 2.39. The predicted molar refractivity (Wildman–Crippen MR) is 169 cm³/mol. The number of hydrogen-bond donors (Lipinski definition) is 2. The van der Waals surface area contributed by atoms with E-state index in [2.05, 4.69) is 37.2 Å². The Kier molecular flexibility index (Phi) is 9.51. The van der Waals surface area contributed by atoms with E-state index in [0.29, 0.717) is 29.8 Å². The van der Waals surface area contributed by atoms with E-state index in [4.69, 9.17) is 9.47 Å². The lowest BCUT2D eigenvalue weighted by Crippen LogP contribution is -2.45. The molecule has 1 fully saturated rings. The Bertz CT molecular complexity index is 1450. The third-order valence-electron chi connectivity index (χ3n) is 7.92. The number of anilines is 2. The number of esters is 1. The van der Waals surface area contributed by atoms with Gasteiger partial charge >= 0.3 is 5.97 Å². The molecule has 0 aliphatic carbocycles. The van der Waals surface area contributed by atoms with Crippen LogP contribution in [0.4, 0.5) is 11.4 Å². The first-order chi connectivity index (χ1) is 20.5. The summed E-state index contributed by atoms with van der Waals surface area (Å²) in [5.41, 5.74) is 4.04. The van der Waals surface area contributed by atoms with Gasteiger partial charge in [0.15, 0.2) is 0 Å². The number of aliphatic hydroxyl groups is 1. The lowest BCUT2D eigenvalue weighted by molar-refractivity contribution is -0.128. The van der Waals surface area contributed by atoms with Crippen LogP contribution in [-0.4, -0.2) is 65.3 Å². The van der Waals surface area contributed by atoms with Crippen LogP contribution in [0, 0.1) is 0 Å². The van der Waals surface area contributed by atoms with E-state index >= 15 is 0 Å². The molecule has 2 N–H and O–H groups in total. The summed E-state index contributed by atoms with van der Waals surface area (Å²) in [6, 6.07) is 13.8. The van der Waals surface area contributed by atoms with Gasteiger partial charge in [0.2, 0.25) is 5.91 Å². The Morgan fingerprint density at radius 3 is 2.44 bits per heavy atom. The molecule has 1 saturated heterocycles. The molecule has 1 amide bonds. The van der Waals surface area contributed by atoms with Crippen molar-refractivity contribution in [1.82, 2.24) is 9.88 Å². The zero-order valence-corrected chi connectivity index (χ0v) is 26.6. The van der Waals surface area contributed by atoms with Crippen molar-refractivity contribution in [2.45, 2.75) is 64.0 Å². The van der Waals surface area contributed by atoms with Crippen molar-refractivity contribution in [1.29, 1.82) is 0 Å². The quantitative estimate of drug-likeness (QED) is 0.317. The summed E-state index contributed by atoms with van der Waals surface area (Å²) in [6.07, 6.45) is 5.07. The summed E-state index contributed by atoms with van der Waals surface area (Å²) in [5, 5.41) is 14.6. The number of aromatic nitrogens is 1. The fraction of sp³-hybridized carbons (Fsp3) is 0.424. The summed E-state index contributed by atoms with van der Waals surface area (Å²) < 4.78 is 11.8. The van der Waals surface area contributed by atoms with Gasteiger partial charge in [0.05, 0.1) is 11.7 Å². The van der Waals surface area contributed by atoms with Crippen LogP contribution in [0.3, 0.4) is 0 Å². The lowest BCUT2D eigenvalue weighted by atomic mass is 9.89. The molecule has 2 unspecified atom stereocenters. The second-order valence-corrected chi connectivity index (χ2v) is 13.0. The molecule has 2 aliphatic heterocycles. The van der Waals surface area contributed by atoms with E-state index in [9.17, 15) is 14.7 Å². The van der Waals surface area contributed by atoms with Crippen molar-refractivity contribution in [3.8, 4) is 0 Å². The Hall–Kier alpha value is -3.31. The Balaban J connectivity index is 1.45. The van der Waals surface area contributed by atoms with Crippen LogP contribution in [0.15, 0.2) is 65.4 Å². The molecule has 3 aromatic rings. The number of piperidine rings is 1. The van der Waals surface area contributed by atoms with Gasteiger partial charge in [0, 0.05) is 60.5 Å². The number of pyridine rings is 1. The van der Waals surface area contributed by atoms with Gasteiger partial charge in [-0.05, 0) is 103 Å². The molecule has 0 bridgehead atoms. The topological polar surface area (TPSA) is 104 Å². The van der Waals surface area contributed by atoms with Gasteiger partial charge in [-0.15, -0.1) is 0 Å². The average Bonchev–Trinajstić information content (AvgIpc) is 2.99. The summed E-state index contributed by atoms with van der Waals surface area (Å²) >= 11 is 3.44. The third kappa shape index (κ3) is 7.26. The highest BCUT2D eigenvalue weighted by atomic mass is 79.9. The molecule has 10 heteroatoms. The van der Waals surface area contributed by atoms with E-state index in [0.717, 1.165) is 47.2 Å². The first-order valence-electron chi connectivity index (χ1n) is 14.6. The zero-order chi connectivity index (χ0) is 30.7. The summed E-state index contributed by atoms with van der Waals surface area (Å²) in [7, 11) is 1.76. The highest BCUT2D eigenvalue weighted by Crippen LogP contribution is 2.40. The monoisotopic (exact) mass is 650 g/mol. The molecule has 9 nitrogen and oxygen atoms in total. The number of ether oxygens (including phenoxy) is 2. The summed E-state index contributed by atoms with van der Waals surface area (Å²) in [5.74, 6) is -0.700. The number of nitrogens with zero attached hydrogens (tertiary/aromatic N) is 3. The number of amides is 1. The molecule has 0 radical (unpaired) electrons. The minimum atomic E-state index is -1.05. The maximum absolute atomic E-state index is 14.1. The van der Waals surface area contributed by atoms with Gasteiger partial charge in [0.1, 0.15) is 17.9 Å². The molecule has 0 saturated carbocycles. The van der Waals surface area contributed by atoms with Crippen LogP contribution < -0.4 is 10.2 Å². The smallest absolute Gasteiger partial charge is 0.338 e. The molecule has 5 rings (SSSR count). The van der Waals surface area contributed by atoms with E-state index in [-0.39, 0.29) is 12.0 Å². The lowest BCUT2D eigenvalue weighted by Gasteiger charge is -2.41. The van der Waals surface area contributed by atoms with Crippen LogP contribution in [0.5, 0.6) is 0 Å². The van der Waals surface area contributed by atoms with E-state index in [1.807, 2.05) is 43.9 Å². The second-order valence-electron chi connectivity index (χ2n) is 12.0. The number of halogens is 1. The van der Waals surface area contributed by atoms with Gasteiger partial charge < -0.3 is 24.8 Å². The van der Waals surface area contributed by atoms with E-state index < -0.39 is 23.8 Å². The van der Waals surface area contributed by atoms with Crippen molar-refractivity contribution in [2.75, 3.05) is 37.0 Å². The SMILES string of the molecule is COC1CCN(c2cccc3c2CCN(C(O)c2cncc(Br)c2)C3C(=O)Nc2ccc(C(=O)OC(C)(C)C)cc2)CC1. The minimum Gasteiger partial charge on any atom is -0.456 e. The first kappa shape index (κ1) is 31.1. The number of carbonyl (C=O) groups is 2. The summed E-state index contributed by atoms with van der Waals surface area (Å²) in [4.78, 5) is 35.0. The maximum Gasteiger partial charge on any atom is 0.338 e. The number of methoxy groups -OCH3 is 1. The number of nitrogens with one attached hydrogen (secondary N) is 1. The molecule has 1 aromatic heterocycles. The van der Waals surface area contributed by atoms with Crippen molar-refractivity contribution < 1.29 is 24.2 Å². The Labute approximate surface area is 261 Å². The number of aliphatic hydroxyl groups excluding tert-OH is 1. The van der Waals surface area contributed by atoms with Gasteiger partial charge in [0.25, 0.3) is 0 Å². The number of fused-ring (bicyclic) bond motifs is 1. The minimum absolute atomic E-state index is 0.264. The molecule has 43 heavy (non-hydrogen) atoms. The van der Waals surface area contributed by atoms with Crippen LogP contribution >= 0.6 is 15.9 Å². The Morgan fingerprint density at radius 2 is 1.79 bits per heavy atom. The largest absolute Gasteiger partial charge is 0.456 e. The number of rotatable bonds is 7. The standard InChI is InChI=1S/C33H39BrN4O5/c1-33(2,3)43-32(41)21-8-10-24(11-9-21)36-30(39)29-27-6-5-7-28(37-15-12-25(42-4)13-16-37)26(27)14-17-38(29)31(40)22-18-23(34)20-35-19-22/h5-11,18-20,25,29,31,40H,12-17H2,1-4H3,(H,36,39). The number of hydrogen-bond acceptors (Lipinski definition) is 8. The average molecular weight is 652 g/mol. The Morgan fingerprint density at radius 1 is 1.07 bits per heavy atom. The van der Waals surface area contributed by atoms with Crippen molar-refractivity contribution in [3.63, 3.8) is 0 Å². The fourth-order valence-corrected chi connectivity index (χ4v) is 6.23. The molecular formula is C33H39BrN4O5. The zero-order valence-electron chi connectivity index (χ0n) is 25.0. The molecule has 2 aromatic carbocycles. The molecular weight excluding hydrogens is 612 g/mol. The van der Waals surface area contributed by atoms with Gasteiger partial charge in [-0.2, -0.15) is 0 Å². The van der Waals surface area contributed by atoms with Crippen molar-refractivity contribution in [2.24, 2.45) is 0 Å². The maximum atomic E-state index is 14.1. The fourth-order valence-electron chi connectivity index (χ4n) is 5.85. The predicted octanol–water partition coefficient (Wildman–Crippen LogP) is 5.64. The van der Waals surface area contributed by atoms with Crippen LogP contribution in [0.25, 0.3) is 0 Å². The highest BCUT2D eigenvalue weighted by molar-refractivity contribution is 9.10. The summed E-state index contributed by atoms with van der Waals surface area (Å²) in [6.45, 7) is 7.69. The van der Waals surface area contributed by atoms with Crippen LogP contribution in [0.1, 0.15) is 72.9 Å². The van der Waals surface area contributed by atoms with E-state index in [1.54, 1.807) is 43.8 Å².